The first-order chi connectivity index (χ1) is 9.61. The largest absolute Gasteiger partial charge is 0.393 e. The number of piperidine rings is 1. The van der Waals surface area contributed by atoms with E-state index in [-0.39, 0.29) is 24.3 Å². The standard InChI is InChI=1S/C14H20ClFN2O2/c15-8-11(20)9-17-14-12(16)2-1-3-13(14)18-6-4-10(19)5-7-18/h1-3,10-11,17,19-20H,4-9H2. The summed E-state index contributed by atoms with van der Waals surface area (Å²) in [7, 11) is 0. The molecule has 0 aliphatic carbocycles. The Balaban J connectivity index is 2.13. The molecule has 2 rings (SSSR count). The summed E-state index contributed by atoms with van der Waals surface area (Å²) in [6.07, 6.45) is 0.377. The molecule has 112 valence electrons. The van der Waals surface area contributed by atoms with Crippen LogP contribution in [0.25, 0.3) is 0 Å². The van der Waals surface area contributed by atoms with Gasteiger partial charge in [-0.15, -0.1) is 11.6 Å². The summed E-state index contributed by atoms with van der Waals surface area (Å²) in [5, 5.41) is 22.0. The maximum absolute atomic E-state index is 14.0. The van der Waals surface area contributed by atoms with Crippen LogP contribution in [0.1, 0.15) is 12.8 Å². The highest BCUT2D eigenvalue weighted by Crippen LogP contribution is 2.30. The van der Waals surface area contributed by atoms with E-state index in [1.807, 2.05) is 11.0 Å². The van der Waals surface area contributed by atoms with Gasteiger partial charge in [-0.1, -0.05) is 6.07 Å². The summed E-state index contributed by atoms with van der Waals surface area (Å²) in [6, 6.07) is 4.90. The second-order valence-electron chi connectivity index (χ2n) is 5.04. The molecule has 1 aromatic carbocycles. The molecule has 0 amide bonds. The average molecular weight is 303 g/mol. The molecule has 6 heteroatoms. The molecular formula is C14H20ClFN2O2. The summed E-state index contributed by atoms with van der Waals surface area (Å²) in [6.45, 7) is 1.59. The Morgan fingerprint density at radius 3 is 2.75 bits per heavy atom. The van der Waals surface area contributed by atoms with Crippen LogP contribution in [-0.4, -0.2) is 47.9 Å². The minimum Gasteiger partial charge on any atom is -0.393 e. The van der Waals surface area contributed by atoms with Gasteiger partial charge in [0.05, 0.1) is 29.5 Å². The Hall–Kier alpha value is -1.04. The number of nitrogens with one attached hydrogen (secondary N) is 1. The van der Waals surface area contributed by atoms with E-state index >= 15 is 0 Å². The first-order valence-corrected chi connectivity index (χ1v) is 7.34. The van der Waals surface area contributed by atoms with Crippen molar-refractivity contribution in [2.75, 3.05) is 35.7 Å². The maximum atomic E-state index is 14.0. The Labute approximate surface area is 123 Å². The molecule has 1 aliphatic heterocycles. The minimum atomic E-state index is -0.715. The highest BCUT2D eigenvalue weighted by atomic mass is 35.5. The highest BCUT2D eigenvalue weighted by molar-refractivity contribution is 6.18. The number of rotatable bonds is 5. The van der Waals surface area contributed by atoms with Gasteiger partial charge < -0.3 is 20.4 Å². The number of aliphatic hydroxyl groups excluding tert-OH is 2. The van der Waals surface area contributed by atoms with Gasteiger partial charge in [0.15, 0.2) is 0 Å². The molecule has 1 unspecified atom stereocenters. The van der Waals surface area contributed by atoms with E-state index in [4.69, 9.17) is 11.6 Å². The quantitative estimate of drug-likeness (QED) is 0.726. The van der Waals surface area contributed by atoms with Crippen molar-refractivity contribution in [3.63, 3.8) is 0 Å². The van der Waals surface area contributed by atoms with Gasteiger partial charge in [-0.25, -0.2) is 4.39 Å². The number of halogens is 2. The molecule has 1 saturated heterocycles. The third-order valence-electron chi connectivity index (χ3n) is 3.49. The molecule has 0 bridgehead atoms. The number of hydrogen-bond donors (Lipinski definition) is 3. The van der Waals surface area contributed by atoms with Crippen molar-refractivity contribution < 1.29 is 14.6 Å². The van der Waals surface area contributed by atoms with Gasteiger partial charge >= 0.3 is 0 Å². The van der Waals surface area contributed by atoms with E-state index in [2.05, 4.69) is 5.32 Å². The van der Waals surface area contributed by atoms with Crippen LogP contribution >= 0.6 is 11.6 Å². The van der Waals surface area contributed by atoms with Crippen molar-refractivity contribution in [3.05, 3.63) is 24.0 Å². The Bertz CT molecular complexity index is 439. The number of para-hydroxylation sites is 1. The highest BCUT2D eigenvalue weighted by Gasteiger charge is 2.21. The van der Waals surface area contributed by atoms with Crippen molar-refractivity contribution in [1.82, 2.24) is 0 Å². The summed E-state index contributed by atoms with van der Waals surface area (Å²) in [5.74, 6) is -0.248. The molecule has 1 aliphatic rings. The van der Waals surface area contributed by atoms with E-state index in [0.717, 1.165) is 5.69 Å². The fraction of sp³-hybridized carbons (Fsp3) is 0.571. The molecule has 0 saturated carbocycles. The predicted molar refractivity (Wildman–Crippen MR) is 79.1 cm³/mol. The fourth-order valence-corrected chi connectivity index (χ4v) is 2.44. The van der Waals surface area contributed by atoms with Crippen LogP contribution in [0.3, 0.4) is 0 Å². The lowest BCUT2D eigenvalue weighted by Crippen LogP contribution is -2.36. The van der Waals surface area contributed by atoms with Gasteiger partial charge in [-0.3, -0.25) is 0 Å². The van der Waals surface area contributed by atoms with E-state index in [9.17, 15) is 14.6 Å². The van der Waals surface area contributed by atoms with Crippen LogP contribution in [0.2, 0.25) is 0 Å². The summed E-state index contributed by atoms with van der Waals surface area (Å²) in [4.78, 5) is 2.05. The molecule has 1 fully saturated rings. The molecule has 1 heterocycles. The minimum absolute atomic E-state index is 0.104. The lowest BCUT2D eigenvalue weighted by Gasteiger charge is -2.33. The van der Waals surface area contributed by atoms with E-state index < -0.39 is 6.10 Å². The van der Waals surface area contributed by atoms with E-state index in [0.29, 0.717) is 31.6 Å². The van der Waals surface area contributed by atoms with Crippen LogP contribution in [0.15, 0.2) is 18.2 Å². The van der Waals surface area contributed by atoms with Crippen LogP contribution in [0.4, 0.5) is 15.8 Å². The number of anilines is 2. The van der Waals surface area contributed by atoms with E-state index in [1.54, 1.807) is 6.07 Å². The summed E-state index contributed by atoms with van der Waals surface area (Å²) < 4.78 is 14.0. The second kappa shape index (κ2) is 7.11. The van der Waals surface area contributed by atoms with Crippen molar-refractivity contribution in [2.24, 2.45) is 0 Å². The second-order valence-corrected chi connectivity index (χ2v) is 5.35. The van der Waals surface area contributed by atoms with Crippen molar-refractivity contribution in [2.45, 2.75) is 25.0 Å². The van der Waals surface area contributed by atoms with Crippen molar-refractivity contribution in [1.29, 1.82) is 0 Å². The number of benzene rings is 1. The lowest BCUT2D eigenvalue weighted by molar-refractivity contribution is 0.145. The van der Waals surface area contributed by atoms with Crippen molar-refractivity contribution >= 4 is 23.0 Å². The van der Waals surface area contributed by atoms with Gasteiger partial charge in [0.2, 0.25) is 0 Å². The topological polar surface area (TPSA) is 55.7 Å². The van der Waals surface area contributed by atoms with E-state index in [1.165, 1.54) is 6.07 Å². The zero-order valence-corrected chi connectivity index (χ0v) is 12.0. The molecule has 1 aromatic rings. The third-order valence-corrected chi connectivity index (χ3v) is 3.85. The number of alkyl halides is 1. The Kier molecular flexibility index (Phi) is 5.46. The Morgan fingerprint density at radius 1 is 1.40 bits per heavy atom. The van der Waals surface area contributed by atoms with Crippen LogP contribution < -0.4 is 10.2 Å². The SMILES string of the molecule is OC1CCN(c2cccc(F)c2NCC(O)CCl)CC1. The molecule has 1 atom stereocenters. The van der Waals surface area contributed by atoms with Crippen LogP contribution in [0.5, 0.6) is 0 Å². The third kappa shape index (κ3) is 3.75. The monoisotopic (exact) mass is 302 g/mol. The summed E-state index contributed by atoms with van der Waals surface area (Å²) in [5.41, 5.74) is 1.15. The fourth-order valence-electron chi connectivity index (χ4n) is 2.33. The Morgan fingerprint density at radius 2 is 2.10 bits per heavy atom. The maximum Gasteiger partial charge on any atom is 0.148 e. The molecule has 0 spiro atoms. The zero-order valence-electron chi connectivity index (χ0n) is 11.2. The first-order valence-electron chi connectivity index (χ1n) is 6.81. The van der Waals surface area contributed by atoms with Gasteiger partial charge in [-0.05, 0) is 25.0 Å². The normalized spacial score (nSPS) is 18.1. The first kappa shape index (κ1) is 15.4. The molecule has 0 radical (unpaired) electrons. The molecule has 3 N–H and O–H groups in total. The predicted octanol–water partition coefficient (Wildman–Crippen LogP) is 1.80. The van der Waals surface area contributed by atoms with Crippen molar-refractivity contribution in [3.8, 4) is 0 Å². The molecule has 20 heavy (non-hydrogen) atoms. The van der Waals surface area contributed by atoms with Gasteiger partial charge in [-0.2, -0.15) is 0 Å². The number of nitrogens with zero attached hydrogens (tertiary/aromatic N) is 1. The number of hydrogen-bond acceptors (Lipinski definition) is 4. The molecule has 4 nitrogen and oxygen atoms in total. The zero-order chi connectivity index (χ0) is 14.5. The van der Waals surface area contributed by atoms with Gasteiger partial charge in [0.1, 0.15) is 5.82 Å². The smallest absolute Gasteiger partial charge is 0.148 e. The van der Waals surface area contributed by atoms with Gasteiger partial charge in [0.25, 0.3) is 0 Å². The molecular weight excluding hydrogens is 283 g/mol. The van der Waals surface area contributed by atoms with Gasteiger partial charge in [0, 0.05) is 19.6 Å². The van der Waals surface area contributed by atoms with Crippen LogP contribution in [-0.2, 0) is 0 Å². The lowest BCUT2D eigenvalue weighted by atomic mass is 10.1. The average Bonchev–Trinajstić information content (AvgIpc) is 2.46. The number of aliphatic hydroxyl groups is 2. The summed E-state index contributed by atoms with van der Waals surface area (Å²) >= 11 is 5.54. The molecule has 0 aromatic heterocycles. The van der Waals surface area contributed by atoms with Crippen LogP contribution in [0, 0.1) is 5.82 Å².